The molecular weight excluding hydrogens is 324 g/mol. The Kier molecular flexibility index (Phi) is 4.32. The molecular formula is C16H22N6OS. The van der Waals surface area contributed by atoms with Crippen LogP contribution in [0.5, 0.6) is 0 Å². The van der Waals surface area contributed by atoms with Gasteiger partial charge in [0.15, 0.2) is 10.8 Å². The van der Waals surface area contributed by atoms with Crippen molar-refractivity contribution in [3.63, 3.8) is 0 Å². The highest BCUT2D eigenvalue weighted by atomic mass is 32.1. The van der Waals surface area contributed by atoms with E-state index in [9.17, 15) is 4.79 Å². The zero-order chi connectivity index (χ0) is 16.5. The van der Waals surface area contributed by atoms with E-state index in [2.05, 4.69) is 25.9 Å². The lowest BCUT2D eigenvalue weighted by Gasteiger charge is -2.23. The van der Waals surface area contributed by atoms with Crippen LogP contribution in [0.3, 0.4) is 0 Å². The number of aryl methyl sites for hydroxylation is 2. The van der Waals surface area contributed by atoms with Gasteiger partial charge in [0.1, 0.15) is 0 Å². The number of carbonyl (C=O) groups excluding carboxylic acids is 1. The first kappa shape index (κ1) is 15.7. The fourth-order valence-electron chi connectivity index (χ4n) is 3.51. The van der Waals surface area contributed by atoms with E-state index in [0.29, 0.717) is 16.9 Å². The fourth-order valence-corrected chi connectivity index (χ4v) is 4.56. The van der Waals surface area contributed by atoms with Gasteiger partial charge in [-0.15, -0.1) is 16.4 Å². The van der Waals surface area contributed by atoms with E-state index >= 15 is 0 Å². The van der Waals surface area contributed by atoms with E-state index in [1.807, 2.05) is 11.6 Å². The van der Waals surface area contributed by atoms with Crippen LogP contribution in [0.1, 0.15) is 58.5 Å². The number of nitrogens with zero attached hydrogens (tertiary/aromatic N) is 4. The Hall–Kier alpha value is -1.80. The van der Waals surface area contributed by atoms with Crippen LogP contribution in [-0.2, 0) is 12.8 Å². The first-order valence-electron chi connectivity index (χ1n) is 8.65. The van der Waals surface area contributed by atoms with Crippen LogP contribution >= 0.6 is 11.3 Å². The van der Waals surface area contributed by atoms with Crippen molar-refractivity contribution < 1.29 is 4.79 Å². The monoisotopic (exact) mass is 346 g/mol. The summed E-state index contributed by atoms with van der Waals surface area (Å²) < 4.78 is 1.91. The Morgan fingerprint density at radius 1 is 1.29 bits per heavy atom. The lowest BCUT2D eigenvalue weighted by Crippen LogP contribution is -2.30. The summed E-state index contributed by atoms with van der Waals surface area (Å²) in [5.74, 6) is -0.209. The van der Waals surface area contributed by atoms with E-state index in [4.69, 9.17) is 0 Å². The lowest BCUT2D eigenvalue weighted by molar-refractivity contribution is 0.102. The molecule has 0 saturated carbocycles. The quantitative estimate of drug-likeness (QED) is 0.889. The fraction of sp³-hybridized carbons (Fsp3) is 0.625. The maximum atomic E-state index is 12.6. The molecule has 2 aromatic heterocycles. The second kappa shape index (κ2) is 6.60. The molecule has 1 amide bonds. The summed E-state index contributed by atoms with van der Waals surface area (Å²) in [7, 11) is 0. The average Bonchev–Trinajstić information content (AvgIpc) is 3.18. The molecule has 2 N–H and O–H groups in total. The molecule has 0 aromatic carbocycles. The van der Waals surface area contributed by atoms with Gasteiger partial charge in [-0.1, -0.05) is 5.21 Å². The summed E-state index contributed by atoms with van der Waals surface area (Å²) in [6.07, 6.45) is 6.54. The third kappa shape index (κ3) is 2.95. The van der Waals surface area contributed by atoms with Gasteiger partial charge in [-0.2, -0.15) is 0 Å². The van der Waals surface area contributed by atoms with Gasteiger partial charge in [0, 0.05) is 4.88 Å². The molecule has 0 radical (unpaired) electrons. The van der Waals surface area contributed by atoms with E-state index in [0.717, 1.165) is 50.2 Å². The minimum atomic E-state index is -0.209. The maximum absolute atomic E-state index is 12.6. The molecule has 7 nitrogen and oxygen atoms in total. The van der Waals surface area contributed by atoms with Crippen LogP contribution in [0.4, 0.5) is 5.13 Å². The molecule has 0 bridgehead atoms. The smallest absolute Gasteiger partial charge is 0.279 e. The van der Waals surface area contributed by atoms with Crippen molar-refractivity contribution in [2.45, 2.75) is 51.5 Å². The Bertz CT molecular complexity index is 722. The first-order valence-corrected chi connectivity index (χ1v) is 9.46. The van der Waals surface area contributed by atoms with Crippen LogP contribution in [-0.4, -0.2) is 39.0 Å². The number of thiazole rings is 1. The van der Waals surface area contributed by atoms with Gasteiger partial charge in [-0.25, -0.2) is 9.67 Å². The molecule has 1 aliphatic carbocycles. The second-order valence-corrected chi connectivity index (χ2v) is 7.58. The van der Waals surface area contributed by atoms with E-state index in [-0.39, 0.29) is 5.91 Å². The molecule has 4 rings (SSSR count). The van der Waals surface area contributed by atoms with Crippen LogP contribution in [0.25, 0.3) is 0 Å². The molecule has 1 aliphatic heterocycles. The van der Waals surface area contributed by atoms with Crippen molar-refractivity contribution in [3.8, 4) is 0 Å². The largest absolute Gasteiger partial charge is 0.317 e. The van der Waals surface area contributed by atoms with Gasteiger partial charge >= 0.3 is 0 Å². The third-order valence-corrected chi connectivity index (χ3v) is 5.94. The molecule has 3 heterocycles. The Balaban J connectivity index is 1.50. The average molecular weight is 346 g/mol. The van der Waals surface area contributed by atoms with Crippen molar-refractivity contribution in [2.75, 3.05) is 18.4 Å². The minimum Gasteiger partial charge on any atom is -0.317 e. The van der Waals surface area contributed by atoms with Crippen molar-refractivity contribution in [3.05, 3.63) is 22.0 Å². The van der Waals surface area contributed by atoms with Crippen molar-refractivity contribution in [1.29, 1.82) is 0 Å². The molecule has 1 fully saturated rings. The molecule has 0 spiro atoms. The van der Waals surface area contributed by atoms with Gasteiger partial charge in [0.05, 0.1) is 17.4 Å². The van der Waals surface area contributed by atoms with Gasteiger partial charge in [0.25, 0.3) is 5.91 Å². The van der Waals surface area contributed by atoms with Crippen molar-refractivity contribution in [1.82, 2.24) is 25.3 Å². The molecule has 8 heteroatoms. The van der Waals surface area contributed by atoms with Gasteiger partial charge in [-0.05, 0) is 58.5 Å². The molecule has 2 aromatic rings. The van der Waals surface area contributed by atoms with E-state index < -0.39 is 0 Å². The van der Waals surface area contributed by atoms with Crippen molar-refractivity contribution >= 4 is 22.4 Å². The molecule has 128 valence electrons. The molecule has 0 atom stereocenters. The summed E-state index contributed by atoms with van der Waals surface area (Å²) in [5.41, 5.74) is 2.39. The number of piperidine rings is 1. The van der Waals surface area contributed by atoms with Crippen LogP contribution < -0.4 is 10.6 Å². The number of amides is 1. The maximum Gasteiger partial charge on any atom is 0.279 e. The zero-order valence-corrected chi connectivity index (χ0v) is 14.7. The Morgan fingerprint density at radius 3 is 2.88 bits per heavy atom. The minimum absolute atomic E-state index is 0.209. The summed E-state index contributed by atoms with van der Waals surface area (Å²) in [6, 6.07) is 0.326. The highest BCUT2D eigenvalue weighted by molar-refractivity contribution is 7.15. The predicted molar refractivity (Wildman–Crippen MR) is 92.6 cm³/mol. The highest BCUT2D eigenvalue weighted by Crippen LogP contribution is 2.30. The highest BCUT2D eigenvalue weighted by Gasteiger charge is 2.24. The summed E-state index contributed by atoms with van der Waals surface area (Å²) in [5, 5.41) is 15.3. The number of nitrogens with one attached hydrogen (secondary N) is 2. The molecule has 1 saturated heterocycles. The van der Waals surface area contributed by atoms with E-state index in [1.54, 1.807) is 11.3 Å². The third-order valence-electron chi connectivity index (χ3n) is 4.86. The molecule has 0 unspecified atom stereocenters. The van der Waals surface area contributed by atoms with Gasteiger partial charge in [0.2, 0.25) is 0 Å². The zero-order valence-electron chi connectivity index (χ0n) is 13.8. The SMILES string of the molecule is Cc1c(C(=O)Nc2nc3c(s2)CCCC3)nnn1C1CCNCC1. The topological polar surface area (TPSA) is 84.7 Å². The number of fused-ring (bicyclic) bond motifs is 1. The summed E-state index contributed by atoms with van der Waals surface area (Å²) >= 11 is 1.59. The first-order chi connectivity index (χ1) is 11.7. The van der Waals surface area contributed by atoms with Crippen LogP contribution in [0.15, 0.2) is 0 Å². The van der Waals surface area contributed by atoms with Gasteiger partial charge < -0.3 is 5.32 Å². The lowest BCUT2D eigenvalue weighted by atomic mass is 10.0. The number of rotatable bonds is 3. The standard InChI is InChI=1S/C16H22N6OS/c1-10-14(20-21-22(10)11-6-8-17-9-7-11)15(23)19-16-18-12-4-2-3-5-13(12)24-16/h11,17H,2-9H2,1H3,(H,18,19,23). The molecule has 24 heavy (non-hydrogen) atoms. The normalized spacial score (nSPS) is 18.4. The van der Waals surface area contributed by atoms with Gasteiger partial charge in [-0.3, -0.25) is 10.1 Å². The Morgan fingerprint density at radius 2 is 2.08 bits per heavy atom. The molecule has 2 aliphatic rings. The number of hydrogen-bond acceptors (Lipinski definition) is 6. The van der Waals surface area contributed by atoms with Crippen molar-refractivity contribution in [2.24, 2.45) is 0 Å². The van der Waals surface area contributed by atoms with E-state index in [1.165, 1.54) is 17.7 Å². The van der Waals surface area contributed by atoms with Crippen LogP contribution in [0, 0.1) is 6.92 Å². The summed E-state index contributed by atoms with van der Waals surface area (Å²) in [4.78, 5) is 18.4. The number of anilines is 1. The Labute approximate surface area is 144 Å². The number of aromatic nitrogens is 4. The second-order valence-electron chi connectivity index (χ2n) is 6.50. The number of hydrogen-bond donors (Lipinski definition) is 2. The summed E-state index contributed by atoms with van der Waals surface area (Å²) in [6.45, 7) is 3.89. The van der Waals surface area contributed by atoms with Crippen LogP contribution in [0.2, 0.25) is 0 Å². The predicted octanol–water partition coefficient (Wildman–Crippen LogP) is 2.10. The number of carbonyl (C=O) groups is 1.